The number of hydrogen-bond acceptors (Lipinski definition) is 4. The van der Waals surface area contributed by atoms with E-state index in [2.05, 4.69) is 25.2 Å². The van der Waals surface area contributed by atoms with Gasteiger partial charge < -0.3 is 10.1 Å². The van der Waals surface area contributed by atoms with Crippen molar-refractivity contribution in [3.63, 3.8) is 0 Å². The third-order valence-electron chi connectivity index (χ3n) is 4.70. The van der Waals surface area contributed by atoms with Crippen molar-refractivity contribution in [2.24, 2.45) is 5.92 Å². The molecule has 4 nitrogen and oxygen atoms in total. The molecule has 4 heteroatoms. The van der Waals surface area contributed by atoms with Gasteiger partial charge in [-0.05, 0) is 57.6 Å². The van der Waals surface area contributed by atoms with Crippen LogP contribution in [0.3, 0.4) is 0 Å². The number of nitrogens with one attached hydrogen (secondary N) is 1. The lowest BCUT2D eigenvalue weighted by Gasteiger charge is -2.19. The van der Waals surface area contributed by atoms with Crippen molar-refractivity contribution < 1.29 is 4.74 Å². The Bertz CT molecular complexity index is 564. The molecule has 0 saturated carbocycles. The first-order valence-electron chi connectivity index (χ1n) is 7.99. The van der Waals surface area contributed by atoms with E-state index in [0.717, 1.165) is 31.6 Å². The van der Waals surface area contributed by atoms with E-state index in [0.29, 0.717) is 17.6 Å². The molecule has 3 unspecified atom stereocenters. The lowest BCUT2D eigenvalue weighted by molar-refractivity contribution is 0.0574. The first-order valence-corrected chi connectivity index (χ1v) is 7.99. The van der Waals surface area contributed by atoms with Crippen LogP contribution in [-0.2, 0) is 17.6 Å². The topological polar surface area (TPSA) is 57.9 Å². The highest BCUT2D eigenvalue weighted by atomic mass is 16.5. The molecule has 2 heterocycles. The maximum atomic E-state index is 9.35. The highest BCUT2D eigenvalue weighted by Gasteiger charge is 2.29. The summed E-state index contributed by atoms with van der Waals surface area (Å²) in [5, 5.41) is 12.7. The Morgan fingerprint density at radius 1 is 1.38 bits per heavy atom. The van der Waals surface area contributed by atoms with E-state index in [4.69, 9.17) is 9.72 Å². The van der Waals surface area contributed by atoms with Gasteiger partial charge in [-0.15, -0.1) is 0 Å². The van der Waals surface area contributed by atoms with E-state index < -0.39 is 0 Å². The van der Waals surface area contributed by atoms with E-state index in [-0.39, 0.29) is 6.10 Å². The largest absolute Gasteiger partial charge is 0.375 e. The first-order chi connectivity index (χ1) is 10.2. The van der Waals surface area contributed by atoms with Crippen molar-refractivity contribution >= 4 is 5.82 Å². The van der Waals surface area contributed by atoms with Crippen LogP contribution in [0.2, 0.25) is 0 Å². The molecular weight excluding hydrogens is 262 g/mol. The molecule has 0 radical (unpaired) electrons. The molecule has 0 aromatic carbocycles. The SMILES string of the molecule is CC1CC(CNc2nc3c(cc2C#N)CCCC3)C(C)O1. The summed E-state index contributed by atoms with van der Waals surface area (Å²) in [6.45, 7) is 5.07. The second-order valence-electron chi connectivity index (χ2n) is 6.34. The monoisotopic (exact) mass is 285 g/mol. The number of hydrogen-bond donors (Lipinski definition) is 1. The predicted octanol–water partition coefficient (Wildman–Crippen LogP) is 3.06. The van der Waals surface area contributed by atoms with Gasteiger partial charge in [-0.25, -0.2) is 4.98 Å². The Balaban J connectivity index is 1.74. The fraction of sp³-hybridized carbons (Fsp3) is 0.647. The van der Waals surface area contributed by atoms with Crippen LogP contribution < -0.4 is 5.32 Å². The number of aryl methyl sites for hydroxylation is 2. The van der Waals surface area contributed by atoms with Gasteiger partial charge in [0.15, 0.2) is 0 Å². The quantitative estimate of drug-likeness (QED) is 0.927. The van der Waals surface area contributed by atoms with Gasteiger partial charge in [0.1, 0.15) is 11.9 Å². The highest BCUT2D eigenvalue weighted by molar-refractivity contribution is 5.54. The molecule has 3 atom stereocenters. The average molecular weight is 285 g/mol. The number of aromatic nitrogens is 1. The predicted molar refractivity (Wildman–Crippen MR) is 82.2 cm³/mol. The van der Waals surface area contributed by atoms with E-state index in [1.165, 1.54) is 24.1 Å². The summed E-state index contributed by atoms with van der Waals surface area (Å²) in [7, 11) is 0. The van der Waals surface area contributed by atoms with Crippen LogP contribution in [0.15, 0.2) is 6.07 Å². The zero-order chi connectivity index (χ0) is 14.8. The molecule has 1 aromatic rings. The van der Waals surface area contributed by atoms with E-state index in [1.54, 1.807) is 0 Å². The molecule has 0 spiro atoms. The first kappa shape index (κ1) is 14.3. The Labute approximate surface area is 126 Å². The van der Waals surface area contributed by atoms with Crippen LogP contribution in [0.4, 0.5) is 5.82 Å². The Hall–Kier alpha value is -1.60. The third kappa shape index (κ3) is 3.03. The minimum Gasteiger partial charge on any atom is -0.375 e. The molecule has 1 aliphatic heterocycles. The van der Waals surface area contributed by atoms with Crippen molar-refractivity contribution in [3.05, 3.63) is 22.9 Å². The summed E-state index contributed by atoms with van der Waals surface area (Å²) in [5.74, 6) is 1.24. The molecule has 1 fully saturated rings. The maximum Gasteiger partial charge on any atom is 0.144 e. The van der Waals surface area contributed by atoms with Crippen LogP contribution in [0, 0.1) is 17.2 Å². The van der Waals surface area contributed by atoms with Gasteiger partial charge in [-0.2, -0.15) is 5.26 Å². The number of nitriles is 1. The van der Waals surface area contributed by atoms with Crippen molar-refractivity contribution in [1.82, 2.24) is 4.98 Å². The molecule has 1 aromatic heterocycles. The maximum absolute atomic E-state index is 9.35. The number of pyridine rings is 1. The molecule has 21 heavy (non-hydrogen) atoms. The van der Waals surface area contributed by atoms with E-state index in [9.17, 15) is 5.26 Å². The molecule has 0 bridgehead atoms. The lowest BCUT2D eigenvalue weighted by atomic mass is 9.95. The number of nitrogens with zero attached hydrogens (tertiary/aromatic N) is 2. The van der Waals surface area contributed by atoms with Crippen molar-refractivity contribution in [1.29, 1.82) is 5.26 Å². The second-order valence-corrected chi connectivity index (χ2v) is 6.34. The van der Waals surface area contributed by atoms with Gasteiger partial charge in [0, 0.05) is 18.2 Å². The number of ether oxygens (including phenoxy) is 1. The van der Waals surface area contributed by atoms with Gasteiger partial charge in [0.25, 0.3) is 0 Å². The third-order valence-corrected chi connectivity index (χ3v) is 4.70. The van der Waals surface area contributed by atoms with Gasteiger partial charge in [0.05, 0.1) is 17.8 Å². The number of fused-ring (bicyclic) bond motifs is 1. The van der Waals surface area contributed by atoms with Crippen molar-refractivity contribution in [3.8, 4) is 6.07 Å². The molecule has 1 N–H and O–H groups in total. The van der Waals surface area contributed by atoms with Crippen molar-refractivity contribution in [2.45, 2.75) is 58.2 Å². The summed E-state index contributed by atoms with van der Waals surface area (Å²) in [4.78, 5) is 4.71. The fourth-order valence-electron chi connectivity index (χ4n) is 3.48. The van der Waals surface area contributed by atoms with Crippen molar-refractivity contribution in [2.75, 3.05) is 11.9 Å². The molecule has 112 valence electrons. The molecule has 2 aliphatic rings. The summed E-state index contributed by atoms with van der Waals surface area (Å²) >= 11 is 0. The fourth-order valence-corrected chi connectivity index (χ4v) is 3.48. The molecule has 1 aliphatic carbocycles. The zero-order valence-electron chi connectivity index (χ0n) is 12.9. The second kappa shape index (κ2) is 6.03. The van der Waals surface area contributed by atoms with Crippen LogP contribution in [0.5, 0.6) is 0 Å². The van der Waals surface area contributed by atoms with Gasteiger partial charge in [-0.3, -0.25) is 0 Å². The van der Waals surface area contributed by atoms with E-state index >= 15 is 0 Å². The van der Waals surface area contributed by atoms with Crippen LogP contribution in [0.1, 0.15) is 49.9 Å². The normalized spacial score (nSPS) is 28.0. The molecule has 3 rings (SSSR count). The van der Waals surface area contributed by atoms with Gasteiger partial charge in [-0.1, -0.05) is 0 Å². The summed E-state index contributed by atoms with van der Waals surface area (Å²) in [6, 6.07) is 4.31. The zero-order valence-corrected chi connectivity index (χ0v) is 12.9. The van der Waals surface area contributed by atoms with Gasteiger partial charge >= 0.3 is 0 Å². The molecular formula is C17H23N3O. The molecule has 1 saturated heterocycles. The number of rotatable bonds is 3. The van der Waals surface area contributed by atoms with Crippen LogP contribution >= 0.6 is 0 Å². The van der Waals surface area contributed by atoms with E-state index in [1.807, 2.05) is 6.07 Å². The minimum absolute atomic E-state index is 0.274. The summed E-state index contributed by atoms with van der Waals surface area (Å²) in [6.07, 6.45) is 6.19. The molecule has 0 amide bonds. The standard InChI is InChI=1S/C17H23N3O/c1-11-7-15(12(2)21-11)10-19-17-14(9-18)8-13-5-3-4-6-16(13)20-17/h8,11-12,15H,3-7,10H2,1-2H3,(H,19,20). The highest BCUT2D eigenvalue weighted by Crippen LogP contribution is 2.28. The smallest absolute Gasteiger partial charge is 0.144 e. The van der Waals surface area contributed by atoms with Gasteiger partial charge in [0.2, 0.25) is 0 Å². The Morgan fingerprint density at radius 2 is 2.19 bits per heavy atom. The Morgan fingerprint density at radius 3 is 2.90 bits per heavy atom. The summed E-state index contributed by atoms with van der Waals surface area (Å²) < 4.78 is 5.78. The van der Waals surface area contributed by atoms with Crippen LogP contribution in [-0.4, -0.2) is 23.7 Å². The van der Waals surface area contributed by atoms with Crippen LogP contribution in [0.25, 0.3) is 0 Å². The lowest BCUT2D eigenvalue weighted by Crippen LogP contribution is -2.22. The number of anilines is 1. The summed E-state index contributed by atoms with van der Waals surface area (Å²) in [5.41, 5.74) is 3.11. The minimum atomic E-state index is 0.274. The Kier molecular flexibility index (Phi) is 4.12. The average Bonchev–Trinajstić information content (AvgIpc) is 2.82.